The minimum absolute atomic E-state index is 0.180. The van der Waals surface area contributed by atoms with E-state index in [4.69, 9.17) is 9.84 Å². The molecule has 0 saturated heterocycles. The number of nitrogens with zero attached hydrogens (tertiary/aromatic N) is 3. The number of nitrogens with one attached hydrogen (secondary N) is 3. The van der Waals surface area contributed by atoms with Crippen LogP contribution in [0, 0.1) is 5.92 Å². The Morgan fingerprint density at radius 3 is 2.88 bits per heavy atom. The lowest BCUT2D eigenvalue weighted by atomic mass is 9.86. The van der Waals surface area contributed by atoms with Crippen LogP contribution in [0.1, 0.15) is 31.2 Å². The molecule has 0 atom stereocenters. The van der Waals surface area contributed by atoms with Crippen LogP contribution in [0.2, 0.25) is 0 Å². The largest absolute Gasteiger partial charge is 0.496 e. The molecule has 0 bridgehead atoms. The number of halogens is 1. The van der Waals surface area contributed by atoms with Gasteiger partial charge in [0.1, 0.15) is 11.3 Å². The van der Waals surface area contributed by atoms with Gasteiger partial charge in [0, 0.05) is 29.2 Å². The van der Waals surface area contributed by atoms with Gasteiger partial charge in [-0.05, 0) is 49.8 Å². The van der Waals surface area contributed by atoms with Crippen LogP contribution in [0.15, 0.2) is 33.7 Å². The smallest absolute Gasteiger partial charge is 0.328 e. The van der Waals surface area contributed by atoms with Crippen molar-refractivity contribution in [3.8, 4) is 5.75 Å². The Morgan fingerprint density at radius 1 is 1.31 bits per heavy atom. The van der Waals surface area contributed by atoms with Crippen LogP contribution >= 0.6 is 15.9 Å². The second-order valence-electron chi connectivity index (χ2n) is 8.18. The monoisotopic (exact) mass is 504 g/mol. The second kappa shape index (κ2) is 10.5. The summed E-state index contributed by atoms with van der Waals surface area (Å²) in [7, 11) is 1.62. The van der Waals surface area contributed by atoms with Gasteiger partial charge >= 0.3 is 5.69 Å². The first-order valence-corrected chi connectivity index (χ1v) is 11.7. The van der Waals surface area contributed by atoms with Gasteiger partial charge in [-0.3, -0.25) is 4.57 Å². The number of hydrogen-bond donors (Lipinski definition) is 4. The number of benzene rings is 1. The molecule has 2 heterocycles. The molecule has 1 fully saturated rings. The zero-order valence-electron chi connectivity index (χ0n) is 18.1. The summed E-state index contributed by atoms with van der Waals surface area (Å²) in [5, 5.41) is 15.7. The number of aromatic nitrogens is 4. The molecule has 0 amide bonds. The van der Waals surface area contributed by atoms with Gasteiger partial charge in [0.15, 0.2) is 5.65 Å². The molecular formula is C22H29BrN6O3. The number of imidazole rings is 1. The molecule has 1 saturated carbocycles. The van der Waals surface area contributed by atoms with E-state index in [9.17, 15) is 4.79 Å². The van der Waals surface area contributed by atoms with Gasteiger partial charge in [-0.2, -0.15) is 4.98 Å². The van der Waals surface area contributed by atoms with E-state index in [1.807, 2.05) is 18.2 Å². The van der Waals surface area contributed by atoms with E-state index < -0.39 is 0 Å². The fraction of sp³-hybridized carbons (Fsp3) is 0.500. The number of ether oxygens (including phenoxy) is 1. The van der Waals surface area contributed by atoms with E-state index in [1.165, 1.54) is 0 Å². The number of aliphatic hydroxyl groups is 1. The quantitative estimate of drug-likeness (QED) is 0.353. The van der Waals surface area contributed by atoms with E-state index >= 15 is 0 Å². The Labute approximate surface area is 194 Å². The van der Waals surface area contributed by atoms with Gasteiger partial charge in [0.25, 0.3) is 0 Å². The van der Waals surface area contributed by atoms with Gasteiger partial charge in [-0.1, -0.05) is 15.9 Å². The maximum atomic E-state index is 12.6. The van der Waals surface area contributed by atoms with Crippen molar-refractivity contribution in [1.29, 1.82) is 0 Å². The maximum absolute atomic E-state index is 12.6. The fourth-order valence-electron chi connectivity index (χ4n) is 4.29. The van der Waals surface area contributed by atoms with E-state index in [-0.39, 0.29) is 12.3 Å². The lowest BCUT2D eigenvalue weighted by molar-refractivity contribution is 0.256. The third-order valence-electron chi connectivity index (χ3n) is 6.02. The van der Waals surface area contributed by atoms with Crippen LogP contribution in [0.25, 0.3) is 11.2 Å². The highest BCUT2D eigenvalue weighted by Gasteiger charge is 2.21. The first kappa shape index (κ1) is 22.8. The summed E-state index contributed by atoms with van der Waals surface area (Å²) < 4.78 is 7.97. The van der Waals surface area contributed by atoms with Crippen LogP contribution in [0.3, 0.4) is 0 Å². The number of fused-ring (bicyclic) bond motifs is 1. The number of H-pyrrole nitrogens is 1. The van der Waals surface area contributed by atoms with Crippen molar-refractivity contribution in [3.05, 3.63) is 44.9 Å². The van der Waals surface area contributed by atoms with Gasteiger partial charge in [-0.25, -0.2) is 9.78 Å². The molecule has 4 N–H and O–H groups in total. The number of aromatic amines is 1. The molecule has 3 aromatic rings. The van der Waals surface area contributed by atoms with Crippen molar-refractivity contribution in [2.24, 2.45) is 5.92 Å². The van der Waals surface area contributed by atoms with E-state index in [0.29, 0.717) is 47.9 Å². The van der Waals surface area contributed by atoms with Crippen LogP contribution in [-0.2, 0) is 6.54 Å². The fourth-order valence-corrected chi connectivity index (χ4v) is 4.70. The Balaban J connectivity index is 1.45. The zero-order chi connectivity index (χ0) is 22.5. The van der Waals surface area contributed by atoms with Crippen LogP contribution in [-0.4, -0.2) is 57.5 Å². The highest BCUT2D eigenvalue weighted by atomic mass is 79.9. The molecule has 10 heteroatoms. The number of rotatable bonds is 9. The first-order valence-electron chi connectivity index (χ1n) is 10.9. The van der Waals surface area contributed by atoms with Crippen molar-refractivity contribution < 1.29 is 9.84 Å². The number of methoxy groups -OCH3 is 1. The molecule has 0 unspecified atom stereocenters. The molecule has 9 nitrogen and oxygen atoms in total. The average Bonchev–Trinajstić information content (AvgIpc) is 3.11. The molecule has 1 aliphatic carbocycles. The van der Waals surface area contributed by atoms with Crippen LogP contribution < -0.4 is 21.1 Å². The highest BCUT2D eigenvalue weighted by Crippen LogP contribution is 2.26. The van der Waals surface area contributed by atoms with Crippen LogP contribution in [0.5, 0.6) is 5.75 Å². The summed E-state index contributed by atoms with van der Waals surface area (Å²) in [6.07, 6.45) is 6.11. The Bertz CT molecular complexity index is 1110. The molecule has 4 rings (SSSR count). The summed E-state index contributed by atoms with van der Waals surface area (Å²) in [5.41, 5.74) is 1.81. The number of hydrogen-bond acceptors (Lipinski definition) is 7. The van der Waals surface area contributed by atoms with E-state index in [0.717, 1.165) is 42.3 Å². The SMILES string of the molecule is COc1ccc(Br)cc1Cn1c(=O)[nH]c2cnc(NCC3CCC(NCCO)CC3)nc21. The Hall–Kier alpha value is -2.43. The van der Waals surface area contributed by atoms with Crippen LogP contribution in [0.4, 0.5) is 5.95 Å². The third-order valence-corrected chi connectivity index (χ3v) is 6.52. The van der Waals surface area contributed by atoms with Gasteiger partial charge in [0.2, 0.25) is 5.95 Å². The molecule has 32 heavy (non-hydrogen) atoms. The molecular weight excluding hydrogens is 476 g/mol. The molecule has 0 aliphatic heterocycles. The zero-order valence-corrected chi connectivity index (χ0v) is 19.7. The Kier molecular flexibility index (Phi) is 7.44. The average molecular weight is 505 g/mol. The molecule has 0 spiro atoms. The van der Waals surface area contributed by atoms with Crippen molar-refractivity contribution >= 4 is 33.0 Å². The first-order chi connectivity index (χ1) is 15.6. The lowest BCUT2D eigenvalue weighted by Gasteiger charge is -2.29. The predicted molar refractivity (Wildman–Crippen MR) is 127 cm³/mol. The molecule has 2 aromatic heterocycles. The predicted octanol–water partition coefficient (Wildman–Crippen LogP) is 2.49. The maximum Gasteiger partial charge on any atom is 0.328 e. The summed E-state index contributed by atoms with van der Waals surface area (Å²) >= 11 is 3.48. The minimum Gasteiger partial charge on any atom is -0.496 e. The molecule has 0 radical (unpaired) electrons. The summed E-state index contributed by atoms with van der Waals surface area (Å²) in [5.74, 6) is 1.79. The van der Waals surface area contributed by atoms with Crippen molar-refractivity contribution in [3.63, 3.8) is 0 Å². The minimum atomic E-state index is -0.234. The molecule has 172 valence electrons. The number of aliphatic hydroxyl groups excluding tert-OH is 1. The van der Waals surface area contributed by atoms with Gasteiger partial charge < -0.3 is 25.5 Å². The lowest BCUT2D eigenvalue weighted by Crippen LogP contribution is -2.36. The third kappa shape index (κ3) is 5.31. The van der Waals surface area contributed by atoms with E-state index in [1.54, 1.807) is 17.9 Å². The standard InChI is InChI=1S/C22H29BrN6O3/c1-32-19-7-4-16(23)10-15(19)13-29-20-18(27-22(29)31)12-26-21(28-20)25-11-14-2-5-17(6-3-14)24-8-9-30/h4,7,10,12,14,17,24,30H,2-3,5-6,8-9,11,13H2,1H3,(H,27,31)(H,25,26,28). The van der Waals surface area contributed by atoms with Gasteiger partial charge in [0.05, 0.1) is 26.5 Å². The van der Waals surface area contributed by atoms with Crippen molar-refractivity contribution in [2.75, 3.05) is 32.1 Å². The Morgan fingerprint density at radius 2 is 2.12 bits per heavy atom. The molecule has 1 aromatic carbocycles. The summed E-state index contributed by atoms with van der Waals surface area (Å²) in [6.45, 7) is 1.97. The normalized spacial score (nSPS) is 18.7. The van der Waals surface area contributed by atoms with Gasteiger partial charge in [-0.15, -0.1) is 0 Å². The highest BCUT2D eigenvalue weighted by molar-refractivity contribution is 9.10. The summed E-state index contributed by atoms with van der Waals surface area (Å²) in [4.78, 5) is 24.4. The topological polar surface area (TPSA) is 117 Å². The second-order valence-corrected chi connectivity index (χ2v) is 9.10. The molecule has 1 aliphatic rings. The van der Waals surface area contributed by atoms with Crippen molar-refractivity contribution in [1.82, 2.24) is 24.8 Å². The van der Waals surface area contributed by atoms with E-state index in [2.05, 4.69) is 41.5 Å². The summed E-state index contributed by atoms with van der Waals surface area (Å²) in [6, 6.07) is 6.21. The number of anilines is 1. The van der Waals surface area contributed by atoms with Crippen molar-refractivity contribution in [2.45, 2.75) is 38.3 Å².